The molecule has 0 aliphatic heterocycles. The van der Waals surface area contributed by atoms with Crippen LogP contribution in [0.15, 0.2) is 30.5 Å². The Morgan fingerprint density at radius 1 is 1.47 bits per heavy atom. The second kappa shape index (κ2) is 4.73. The number of halogens is 1. The van der Waals surface area contributed by atoms with E-state index in [-0.39, 0.29) is 5.69 Å². The number of aryl methyl sites for hydroxylation is 1. The van der Waals surface area contributed by atoms with Crippen LogP contribution >= 0.6 is 0 Å². The number of hydrogen-bond acceptors (Lipinski definition) is 3. The van der Waals surface area contributed by atoms with E-state index in [9.17, 15) is 9.18 Å². The van der Waals surface area contributed by atoms with E-state index in [1.54, 1.807) is 24.0 Å². The van der Waals surface area contributed by atoms with Crippen molar-refractivity contribution >= 4 is 5.91 Å². The fourth-order valence-electron chi connectivity index (χ4n) is 1.37. The zero-order valence-electron chi connectivity index (χ0n) is 9.22. The van der Waals surface area contributed by atoms with Crippen molar-refractivity contribution in [3.8, 4) is 0 Å². The van der Waals surface area contributed by atoms with Crippen LogP contribution in [0.3, 0.4) is 0 Å². The zero-order chi connectivity index (χ0) is 12.3. The molecule has 0 fully saturated rings. The van der Waals surface area contributed by atoms with Gasteiger partial charge in [0.05, 0.1) is 12.2 Å². The van der Waals surface area contributed by atoms with Gasteiger partial charge in [0.15, 0.2) is 0 Å². The van der Waals surface area contributed by atoms with Crippen LogP contribution in [0.5, 0.6) is 0 Å². The number of aromatic nitrogens is 3. The molecule has 0 radical (unpaired) electrons. The molecule has 1 N–H and O–H groups in total. The average Bonchev–Trinajstić information content (AvgIpc) is 2.72. The lowest BCUT2D eigenvalue weighted by Gasteiger charge is -2.04. The number of hydrogen-bond donors (Lipinski definition) is 1. The average molecular weight is 234 g/mol. The molecule has 0 aliphatic rings. The number of nitrogens with one attached hydrogen (secondary N) is 1. The van der Waals surface area contributed by atoms with E-state index in [1.807, 2.05) is 0 Å². The Morgan fingerprint density at radius 2 is 2.29 bits per heavy atom. The van der Waals surface area contributed by atoms with E-state index in [0.29, 0.717) is 6.54 Å². The maximum atomic E-state index is 12.8. The standard InChI is InChI=1S/C11H11FN4O/c1-16-8(5-6-14-16)7-13-11(17)9-3-2-4-10(12)15-9/h2-6H,7H2,1H3,(H,13,17). The quantitative estimate of drug-likeness (QED) is 0.802. The first-order valence-corrected chi connectivity index (χ1v) is 5.04. The summed E-state index contributed by atoms with van der Waals surface area (Å²) >= 11 is 0. The fraction of sp³-hybridized carbons (Fsp3) is 0.182. The number of rotatable bonds is 3. The van der Waals surface area contributed by atoms with E-state index in [0.717, 1.165) is 5.69 Å². The summed E-state index contributed by atoms with van der Waals surface area (Å²) in [4.78, 5) is 15.1. The molecule has 5 nitrogen and oxygen atoms in total. The van der Waals surface area contributed by atoms with Crippen molar-refractivity contribution in [3.05, 3.63) is 47.8 Å². The molecule has 0 aliphatic carbocycles. The van der Waals surface area contributed by atoms with Crippen molar-refractivity contribution in [1.29, 1.82) is 0 Å². The summed E-state index contributed by atoms with van der Waals surface area (Å²) in [5.41, 5.74) is 0.918. The van der Waals surface area contributed by atoms with Gasteiger partial charge in [-0.15, -0.1) is 0 Å². The highest BCUT2D eigenvalue weighted by atomic mass is 19.1. The molecule has 2 aromatic rings. The smallest absolute Gasteiger partial charge is 0.270 e. The Hall–Kier alpha value is -2.24. The van der Waals surface area contributed by atoms with Gasteiger partial charge < -0.3 is 5.32 Å². The molecule has 1 amide bonds. The minimum absolute atomic E-state index is 0.0622. The van der Waals surface area contributed by atoms with Crippen molar-refractivity contribution in [2.75, 3.05) is 0 Å². The third-order valence-electron chi connectivity index (χ3n) is 2.30. The van der Waals surface area contributed by atoms with E-state index >= 15 is 0 Å². The van der Waals surface area contributed by atoms with Crippen molar-refractivity contribution < 1.29 is 9.18 Å². The van der Waals surface area contributed by atoms with Gasteiger partial charge in [-0.1, -0.05) is 6.07 Å². The van der Waals surface area contributed by atoms with Gasteiger partial charge in [0.25, 0.3) is 5.91 Å². The van der Waals surface area contributed by atoms with E-state index in [2.05, 4.69) is 15.4 Å². The van der Waals surface area contributed by atoms with Gasteiger partial charge in [-0.2, -0.15) is 9.49 Å². The summed E-state index contributed by atoms with van der Waals surface area (Å²) in [6, 6.07) is 5.89. The highest BCUT2D eigenvalue weighted by Gasteiger charge is 2.08. The molecule has 0 unspecified atom stereocenters. The van der Waals surface area contributed by atoms with Crippen molar-refractivity contribution in [3.63, 3.8) is 0 Å². The maximum absolute atomic E-state index is 12.8. The third-order valence-corrected chi connectivity index (χ3v) is 2.30. The summed E-state index contributed by atoms with van der Waals surface area (Å²) in [5, 5.41) is 6.61. The predicted octanol–water partition coefficient (Wildman–Crippen LogP) is 0.884. The molecule has 0 spiro atoms. The topological polar surface area (TPSA) is 59.8 Å². The van der Waals surface area contributed by atoms with Gasteiger partial charge in [-0.3, -0.25) is 9.48 Å². The molecule has 2 aromatic heterocycles. The van der Waals surface area contributed by atoms with Gasteiger partial charge in [-0.05, 0) is 18.2 Å². The normalized spacial score (nSPS) is 10.2. The van der Waals surface area contributed by atoms with Crippen molar-refractivity contribution in [1.82, 2.24) is 20.1 Å². The molecule has 2 heterocycles. The minimum atomic E-state index is -0.668. The molecule has 0 atom stereocenters. The van der Waals surface area contributed by atoms with Crippen molar-refractivity contribution in [2.45, 2.75) is 6.54 Å². The first-order valence-electron chi connectivity index (χ1n) is 5.04. The van der Waals surface area contributed by atoms with Crippen LogP contribution in [0.2, 0.25) is 0 Å². The summed E-state index contributed by atoms with van der Waals surface area (Å²) in [7, 11) is 1.78. The molecule has 0 saturated carbocycles. The molecule has 0 saturated heterocycles. The van der Waals surface area contributed by atoms with Crippen LogP contribution < -0.4 is 5.32 Å². The predicted molar refractivity (Wildman–Crippen MR) is 58.6 cm³/mol. The molecule has 0 aromatic carbocycles. The molecule has 6 heteroatoms. The first-order chi connectivity index (χ1) is 8.16. The third kappa shape index (κ3) is 2.66. The molecule has 88 valence electrons. The molecule has 0 bridgehead atoms. The molecule has 2 rings (SSSR count). The van der Waals surface area contributed by atoms with Crippen LogP contribution in [0, 0.1) is 5.95 Å². The number of carbonyl (C=O) groups excluding carboxylic acids is 1. The summed E-state index contributed by atoms with van der Waals surface area (Å²) in [6.07, 6.45) is 1.64. The lowest BCUT2D eigenvalue weighted by molar-refractivity contribution is 0.0944. The van der Waals surface area contributed by atoms with Crippen molar-refractivity contribution in [2.24, 2.45) is 7.05 Å². The monoisotopic (exact) mass is 234 g/mol. The van der Waals surface area contributed by atoms with Crippen LogP contribution in [-0.4, -0.2) is 20.7 Å². The summed E-state index contributed by atoms with van der Waals surface area (Å²) < 4.78 is 14.5. The molecular weight excluding hydrogens is 223 g/mol. The number of nitrogens with zero attached hydrogens (tertiary/aromatic N) is 3. The van der Waals surface area contributed by atoms with E-state index in [1.165, 1.54) is 18.2 Å². The number of carbonyl (C=O) groups is 1. The molecular formula is C11H11FN4O. The van der Waals surface area contributed by atoms with E-state index in [4.69, 9.17) is 0 Å². The SMILES string of the molecule is Cn1nccc1CNC(=O)c1cccc(F)n1. The zero-order valence-corrected chi connectivity index (χ0v) is 9.22. The van der Waals surface area contributed by atoms with Crippen LogP contribution in [0.4, 0.5) is 4.39 Å². The lowest BCUT2D eigenvalue weighted by atomic mass is 10.3. The minimum Gasteiger partial charge on any atom is -0.345 e. The second-order valence-corrected chi connectivity index (χ2v) is 3.47. The van der Waals surface area contributed by atoms with Gasteiger partial charge in [0.2, 0.25) is 5.95 Å². The van der Waals surface area contributed by atoms with Crippen LogP contribution in [0.25, 0.3) is 0 Å². The Kier molecular flexibility index (Phi) is 3.13. The van der Waals surface area contributed by atoms with Gasteiger partial charge in [0.1, 0.15) is 5.69 Å². The Bertz CT molecular complexity index is 538. The Morgan fingerprint density at radius 3 is 2.94 bits per heavy atom. The first kappa shape index (κ1) is 11.3. The highest BCUT2D eigenvalue weighted by Crippen LogP contribution is 1.99. The van der Waals surface area contributed by atoms with Crippen LogP contribution in [0.1, 0.15) is 16.2 Å². The second-order valence-electron chi connectivity index (χ2n) is 3.47. The summed E-state index contributed by atoms with van der Waals surface area (Å²) in [5.74, 6) is -1.08. The van der Waals surface area contributed by atoms with Crippen LogP contribution in [-0.2, 0) is 13.6 Å². The lowest BCUT2D eigenvalue weighted by Crippen LogP contribution is -2.25. The van der Waals surface area contributed by atoms with Gasteiger partial charge >= 0.3 is 0 Å². The highest BCUT2D eigenvalue weighted by molar-refractivity contribution is 5.92. The summed E-state index contributed by atoms with van der Waals surface area (Å²) in [6.45, 7) is 0.327. The molecule has 17 heavy (non-hydrogen) atoms. The number of pyridine rings is 1. The maximum Gasteiger partial charge on any atom is 0.270 e. The Balaban J connectivity index is 2.01. The Labute approximate surface area is 97.3 Å². The van der Waals surface area contributed by atoms with E-state index < -0.39 is 11.9 Å². The van der Waals surface area contributed by atoms with Gasteiger partial charge in [0, 0.05) is 13.2 Å². The largest absolute Gasteiger partial charge is 0.345 e. The fourth-order valence-corrected chi connectivity index (χ4v) is 1.37. The number of amides is 1. The van der Waals surface area contributed by atoms with Gasteiger partial charge in [-0.25, -0.2) is 4.98 Å².